The predicted molar refractivity (Wildman–Crippen MR) is 395 cm³/mol. The molecule has 0 aliphatic carbocycles. The van der Waals surface area contributed by atoms with Crippen molar-refractivity contribution in [2.45, 2.75) is 432 Å². The Morgan fingerprint density at radius 2 is 0.474 bits per heavy atom. The maximum atomic E-state index is 13.1. The molecule has 0 aromatic rings. The molecule has 0 bridgehead atoms. The van der Waals surface area contributed by atoms with Crippen molar-refractivity contribution in [1.82, 2.24) is 0 Å². The zero-order valence-electron chi connectivity index (χ0n) is 63.2. The smallest absolute Gasteiger partial charge is 0.462 e. The third kappa shape index (κ3) is 72.2. The Bertz CT molecular complexity index is 1860. The summed E-state index contributed by atoms with van der Waals surface area (Å²) in [6.07, 6.45) is 61.0. The van der Waals surface area contributed by atoms with Gasteiger partial charge in [0, 0.05) is 25.7 Å². The van der Waals surface area contributed by atoms with E-state index in [1.54, 1.807) is 0 Å². The first kappa shape index (κ1) is 95.1. The molecule has 0 aliphatic heterocycles. The zero-order chi connectivity index (χ0) is 71.2. The molecular formula is C78H152O17P2. The van der Waals surface area contributed by atoms with Crippen molar-refractivity contribution in [3.05, 3.63) is 0 Å². The van der Waals surface area contributed by atoms with Gasteiger partial charge in [0.2, 0.25) is 0 Å². The van der Waals surface area contributed by atoms with Crippen LogP contribution in [0, 0.1) is 5.92 Å². The van der Waals surface area contributed by atoms with Crippen LogP contribution in [0.25, 0.3) is 0 Å². The van der Waals surface area contributed by atoms with Gasteiger partial charge in [-0.2, -0.15) is 0 Å². The molecule has 19 heteroatoms. The maximum Gasteiger partial charge on any atom is 0.472 e. The molecule has 576 valence electrons. The second kappa shape index (κ2) is 71.1. The third-order valence-corrected chi connectivity index (χ3v) is 20.2. The van der Waals surface area contributed by atoms with Crippen molar-refractivity contribution in [2.24, 2.45) is 5.92 Å². The van der Waals surface area contributed by atoms with E-state index in [1.165, 1.54) is 238 Å². The Labute approximate surface area is 594 Å². The van der Waals surface area contributed by atoms with E-state index in [9.17, 15) is 43.2 Å². The average molecular weight is 1420 g/mol. The summed E-state index contributed by atoms with van der Waals surface area (Å²) in [5, 5.41) is 10.6. The molecule has 0 saturated heterocycles. The molecule has 0 rings (SSSR count). The number of unbranched alkanes of at least 4 members (excludes halogenated alkanes) is 50. The van der Waals surface area contributed by atoms with Crippen LogP contribution in [0.2, 0.25) is 0 Å². The largest absolute Gasteiger partial charge is 0.472 e. The van der Waals surface area contributed by atoms with Crippen LogP contribution >= 0.6 is 15.6 Å². The van der Waals surface area contributed by atoms with Gasteiger partial charge in [0.25, 0.3) is 0 Å². The maximum absolute atomic E-state index is 13.1. The first-order chi connectivity index (χ1) is 47.0. The fourth-order valence-corrected chi connectivity index (χ4v) is 13.6. The highest BCUT2D eigenvalue weighted by molar-refractivity contribution is 7.47. The predicted octanol–water partition coefficient (Wildman–Crippen LogP) is 23.3. The Kier molecular flexibility index (Phi) is 69.6. The lowest BCUT2D eigenvalue weighted by atomic mass is 10.0. The van der Waals surface area contributed by atoms with Crippen molar-refractivity contribution in [2.75, 3.05) is 39.6 Å². The molecule has 5 atom stereocenters. The normalized spacial score (nSPS) is 13.9. The van der Waals surface area contributed by atoms with Crippen LogP contribution in [0.15, 0.2) is 0 Å². The van der Waals surface area contributed by atoms with Crippen LogP contribution in [0.4, 0.5) is 0 Å². The molecule has 0 aromatic heterocycles. The SMILES string of the molecule is CCCCCCCCCCCCCCCCCCCCCCC(=O)O[C@H](COC(=O)CCCCCCCCCCCCCCC(C)C)COP(=O)(O)OC[C@@H](O)COP(=O)(O)OC[C@@H](COC(=O)CCCCCCCCCCCC)OC(=O)CCCCCCCCCCCCCC. The molecule has 0 fully saturated rings. The van der Waals surface area contributed by atoms with Crippen LogP contribution in [-0.2, 0) is 65.4 Å². The molecular weight excluding hydrogens is 1270 g/mol. The van der Waals surface area contributed by atoms with Gasteiger partial charge in [0.15, 0.2) is 12.2 Å². The molecule has 0 saturated carbocycles. The lowest BCUT2D eigenvalue weighted by molar-refractivity contribution is -0.161. The van der Waals surface area contributed by atoms with Gasteiger partial charge in [-0.05, 0) is 31.6 Å². The Morgan fingerprint density at radius 3 is 0.701 bits per heavy atom. The highest BCUT2D eigenvalue weighted by atomic mass is 31.2. The molecule has 0 spiro atoms. The quantitative estimate of drug-likeness (QED) is 0.0222. The number of phosphoric acid groups is 2. The number of esters is 4. The number of aliphatic hydroxyl groups excluding tert-OH is 1. The van der Waals surface area contributed by atoms with Crippen LogP contribution in [0.5, 0.6) is 0 Å². The topological polar surface area (TPSA) is 237 Å². The fourth-order valence-electron chi connectivity index (χ4n) is 12.1. The van der Waals surface area contributed by atoms with Gasteiger partial charge in [-0.3, -0.25) is 37.3 Å². The van der Waals surface area contributed by atoms with Crippen molar-refractivity contribution in [3.63, 3.8) is 0 Å². The summed E-state index contributed by atoms with van der Waals surface area (Å²) in [6, 6.07) is 0. The number of ether oxygens (including phenoxy) is 4. The van der Waals surface area contributed by atoms with Gasteiger partial charge in [-0.1, -0.05) is 362 Å². The van der Waals surface area contributed by atoms with E-state index in [0.717, 1.165) is 95.8 Å². The number of aliphatic hydroxyl groups is 1. The minimum Gasteiger partial charge on any atom is -0.462 e. The van der Waals surface area contributed by atoms with E-state index < -0.39 is 97.5 Å². The number of phosphoric ester groups is 2. The second-order valence-corrected chi connectivity index (χ2v) is 31.5. The van der Waals surface area contributed by atoms with Gasteiger partial charge in [-0.15, -0.1) is 0 Å². The summed E-state index contributed by atoms with van der Waals surface area (Å²) in [6.45, 7) is 7.31. The molecule has 0 amide bonds. The van der Waals surface area contributed by atoms with E-state index in [0.29, 0.717) is 25.7 Å². The van der Waals surface area contributed by atoms with Crippen LogP contribution < -0.4 is 0 Å². The summed E-state index contributed by atoms with van der Waals surface area (Å²) in [4.78, 5) is 72.9. The van der Waals surface area contributed by atoms with Gasteiger partial charge in [-0.25, -0.2) is 9.13 Å². The van der Waals surface area contributed by atoms with E-state index in [4.69, 9.17) is 37.0 Å². The van der Waals surface area contributed by atoms with E-state index in [2.05, 4.69) is 34.6 Å². The number of carbonyl (C=O) groups excluding carboxylic acids is 4. The minimum absolute atomic E-state index is 0.108. The molecule has 0 radical (unpaired) electrons. The number of rotatable bonds is 78. The van der Waals surface area contributed by atoms with E-state index in [1.807, 2.05) is 0 Å². The van der Waals surface area contributed by atoms with Crippen molar-refractivity contribution >= 4 is 39.5 Å². The van der Waals surface area contributed by atoms with E-state index in [-0.39, 0.29) is 25.7 Å². The molecule has 97 heavy (non-hydrogen) atoms. The van der Waals surface area contributed by atoms with Gasteiger partial charge in [0.1, 0.15) is 19.3 Å². The van der Waals surface area contributed by atoms with Crippen LogP contribution in [0.3, 0.4) is 0 Å². The molecule has 17 nitrogen and oxygen atoms in total. The second-order valence-electron chi connectivity index (χ2n) is 28.6. The Morgan fingerprint density at radius 1 is 0.278 bits per heavy atom. The molecule has 2 unspecified atom stereocenters. The number of hydrogen-bond acceptors (Lipinski definition) is 15. The molecule has 0 aliphatic rings. The summed E-state index contributed by atoms with van der Waals surface area (Å²) >= 11 is 0. The average Bonchev–Trinajstić information content (AvgIpc) is 1.59. The third-order valence-electron chi connectivity index (χ3n) is 18.3. The van der Waals surface area contributed by atoms with Gasteiger partial charge < -0.3 is 33.8 Å². The molecule has 0 heterocycles. The summed E-state index contributed by atoms with van der Waals surface area (Å²) in [5.74, 6) is -1.33. The lowest BCUT2D eigenvalue weighted by Crippen LogP contribution is -2.30. The zero-order valence-corrected chi connectivity index (χ0v) is 65.0. The number of carbonyl (C=O) groups is 4. The summed E-state index contributed by atoms with van der Waals surface area (Å²) in [7, 11) is -9.91. The Hall–Kier alpha value is -1.94. The first-order valence-electron chi connectivity index (χ1n) is 40.6. The van der Waals surface area contributed by atoms with Crippen LogP contribution in [-0.4, -0.2) is 96.7 Å². The summed E-state index contributed by atoms with van der Waals surface area (Å²) < 4.78 is 68.6. The van der Waals surface area contributed by atoms with Gasteiger partial charge in [0.05, 0.1) is 26.4 Å². The van der Waals surface area contributed by atoms with Crippen molar-refractivity contribution in [1.29, 1.82) is 0 Å². The van der Waals surface area contributed by atoms with E-state index >= 15 is 0 Å². The molecule has 0 aromatic carbocycles. The van der Waals surface area contributed by atoms with Gasteiger partial charge >= 0.3 is 39.5 Å². The Balaban J connectivity index is 5.22. The number of hydrogen-bond donors (Lipinski definition) is 3. The van der Waals surface area contributed by atoms with Crippen LogP contribution in [0.1, 0.15) is 413 Å². The summed E-state index contributed by atoms with van der Waals surface area (Å²) in [5.41, 5.74) is 0. The monoisotopic (exact) mass is 1420 g/mol. The molecule has 3 N–H and O–H groups in total. The fraction of sp³-hybridized carbons (Fsp3) is 0.949. The minimum atomic E-state index is -4.96. The van der Waals surface area contributed by atoms with Crippen molar-refractivity contribution in [3.8, 4) is 0 Å². The standard InChI is InChI=1S/C78H152O17P2/c1-6-9-12-15-18-21-24-26-27-28-29-30-31-32-33-39-44-49-54-59-64-78(83)95-74(68-89-76(81)62-57-52-47-42-38-35-34-36-40-45-50-55-60-71(4)5)70-93-97(86,87)91-66-72(79)65-90-96(84,85)92-69-73(67-88-75(80)61-56-51-46-41-23-20-17-14-11-8-3)94-77(82)63-58-53-48-43-37-25-22-19-16-13-10-7-2/h71-74,79H,6-70H2,1-5H3,(H,84,85)(H,86,87)/t72-,73+,74+/m0/s1. The highest BCUT2D eigenvalue weighted by Crippen LogP contribution is 2.45. The lowest BCUT2D eigenvalue weighted by Gasteiger charge is -2.21. The highest BCUT2D eigenvalue weighted by Gasteiger charge is 2.30. The van der Waals surface area contributed by atoms with Crippen molar-refractivity contribution < 1.29 is 80.2 Å². The first-order valence-corrected chi connectivity index (χ1v) is 43.6.